The highest BCUT2D eigenvalue weighted by Crippen LogP contribution is 2.23. The van der Waals surface area contributed by atoms with Crippen molar-refractivity contribution in [3.05, 3.63) is 89.5 Å². The number of aromatic hydroxyl groups is 1. The maximum Gasteiger partial charge on any atom is 0.255 e. The number of anilines is 1. The van der Waals surface area contributed by atoms with Crippen LogP contribution in [0.3, 0.4) is 0 Å². The number of ketones is 1. The molecule has 0 saturated heterocycles. The summed E-state index contributed by atoms with van der Waals surface area (Å²) in [7, 11) is 0. The molecule has 3 rings (SSSR count). The van der Waals surface area contributed by atoms with Crippen LogP contribution < -0.4 is 10.1 Å². The molecular formula is C25H25NO4. The summed E-state index contributed by atoms with van der Waals surface area (Å²) < 4.78 is 5.81. The number of rotatable bonds is 8. The van der Waals surface area contributed by atoms with Gasteiger partial charge < -0.3 is 15.2 Å². The third-order valence-electron chi connectivity index (χ3n) is 4.94. The van der Waals surface area contributed by atoms with E-state index in [0.717, 1.165) is 6.42 Å². The average Bonchev–Trinajstić information content (AvgIpc) is 2.76. The minimum absolute atomic E-state index is 0.108. The first-order chi connectivity index (χ1) is 14.4. The van der Waals surface area contributed by atoms with Crippen LogP contribution in [0.2, 0.25) is 0 Å². The second-order valence-electron chi connectivity index (χ2n) is 7.22. The third-order valence-corrected chi connectivity index (χ3v) is 4.94. The van der Waals surface area contributed by atoms with Crippen LogP contribution in [-0.2, 0) is 0 Å². The number of nitrogens with one attached hydrogen (secondary N) is 1. The highest BCUT2D eigenvalue weighted by molar-refractivity contribution is 6.05. The summed E-state index contributed by atoms with van der Waals surface area (Å²) in [5.74, 6) is 0.423. The number of phenolic OH excluding ortho intramolecular Hbond substituents is 1. The first kappa shape index (κ1) is 21.1. The molecular weight excluding hydrogens is 378 g/mol. The molecule has 0 aromatic heterocycles. The van der Waals surface area contributed by atoms with Crippen LogP contribution in [0.5, 0.6) is 11.5 Å². The van der Waals surface area contributed by atoms with Gasteiger partial charge in [-0.1, -0.05) is 37.3 Å². The fourth-order valence-corrected chi connectivity index (χ4v) is 3.10. The van der Waals surface area contributed by atoms with E-state index in [9.17, 15) is 14.7 Å². The van der Waals surface area contributed by atoms with Gasteiger partial charge in [0.15, 0.2) is 5.78 Å². The Hall–Kier alpha value is -3.60. The minimum atomic E-state index is -0.306. The minimum Gasteiger partial charge on any atom is -0.507 e. The summed E-state index contributed by atoms with van der Waals surface area (Å²) in [4.78, 5) is 24.0. The number of hydrogen-bond acceptors (Lipinski definition) is 4. The van der Waals surface area contributed by atoms with Gasteiger partial charge in [0, 0.05) is 11.3 Å². The Morgan fingerprint density at radius 1 is 1.00 bits per heavy atom. The van der Waals surface area contributed by atoms with Gasteiger partial charge in [0.1, 0.15) is 11.5 Å². The number of benzene rings is 3. The first-order valence-electron chi connectivity index (χ1n) is 9.87. The maximum absolute atomic E-state index is 12.5. The van der Waals surface area contributed by atoms with Crippen LogP contribution in [-0.4, -0.2) is 23.4 Å². The van der Waals surface area contributed by atoms with Crippen LogP contribution in [0.15, 0.2) is 72.8 Å². The molecule has 154 valence electrons. The van der Waals surface area contributed by atoms with Crippen molar-refractivity contribution >= 4 is 17.4 Å². The Labute approximate surface area is 176 Å². The zero-order valence-electron chi connectivity index (χ0n) is 17.1. The Bertz CT molecular complexity index is 1010. The molecule has 1 amide bonds. The van der Waals surface area contributed by atoms with Gasteiger partial charge in [-0.3, -0.25) is 9.59 Å². The van der Waals surface area contributed by atoms with Crippen molar-refractivity contribution in [1.29, 1.82) is 0 Å². The lowest BCUT2D eigenvalue weighted by molar-refractivity contribution is 0.100. The van der Waals surface area contributed by atoms with E-state index in [-0.39, 0.29) is 23.0 Å². The molecule has 2 N–H and O–H groups in total. The quantitative estimate of drug-likeness (QED) is 0.389. The molecule has 0 radical (unpaired) electrons. The number of phenols is 1. The van der Waals surface area contributed by atoms with E-state index < -0.39 is 0 Å². The van der Waals surface area contributed by atoms with Crippen molar-refractivity contribution in [2.75, 3.05) is 11.9 Å². The summed E-state index contributed by atoms with van der Waals surface area (Å²) in [6, 6.07) is 21.6. The highest BCUT2D eigenvalue weighted by atomic mass is 16.5. The van der Waals surface area contributed by atoms with Gasteiger partial charge >= 0.3 is 0 Å². The van der Waals surface area contributed by atoms with E-state index in [0.29, 0.717) is 29.5 Å². The van der Waals surface area contributed by atoms with Crippen LogP contribution in [0.1, 0.15) is 52.5 Å². The van der Waals surface area contributed by atoms with Crippen LogP contribution in [0, 0.1) is 0 Å². The van der Waals surface area contributed by atoms with Crippen molar-refractivity contribution in [3.63, 3.8) is 0 Å². The molecule has 0 bridgehead atoms. The van der Waals surface area contributed by atoms with Gasteiger partial charge in [0.25, 0.3) is 5.91 Å². The molecule has 0 heterocycles. The Balaban J connectivity index is 1.54. The van der Waals surface area contributed by atoms with E-state index >= 15 is 0 Å². The Morgan fingerprint density at radius 3 is 2.37 bits per heavy atom. The topological polar surface area (TPSA) is 75.6 Å². The number of carbonyl (C=O) groups is 2. The largest absolute Gasteiger partial charge is 0.507 e. The van der Waals surface area contributed by atoms with Crippen LogP contribution >= 0.6 is 0 Å². The predicted octanol–water partition coefficient (Wildman–Crippen LogP) is 5.42. The fraction of sp³-hybridized carbons (Fsp3) is 0.200. The zero-order valence-corrected chi connectivity index (χ0v) is 17.1. The van der Waals surface area contributed by atoms with E-state index in [1.165, 1.54) is 24.6 Å². The standard InChI is InChI=1S/C25H25NO4/c1-17(19-6-4-3-5-7-19)14-15-30-22-11-8-20(9-12-22)25(29)26-21-10-13-24(28)23(16-21)18(2)27/h3-13,16-17,28H,14-15H2,1-2H3,(H,26,29). The summed E-state index contributed by atoms with van der Waals surface area (Å²) >= 11 is 0. The van der Waals surface area contributed by atoms with Crippen molar-refractivity contribution < 1.29 is 19.4 Å². The van der Waals surface area contributed by atoms with Crippen molar-refractivity contribution in [2.24, 2.45) is 0 Å². The monoisotopic (exact) mass is 403 g/mol. The molecule has 1 atom stereocenters. The summed E-state index contributed by atoms with van der Waals surface area (Å²) in [5, 5.41) is 12.4. The summed E-state index contributed by atoms with van der Waals surface area (Å²) in [5.41, 5.74) is 2.37. The Morgan fingerprint density at radius 2 is 1.70 bits per heavy atom. The fourth-order valence-electron chi connectivity index (χ4n) is 3.10. The molecule has 0 aliphatic rings. The Kier molecular flexibility index (Phi) is 6.86. The van der Waals surface area contributed by atoms with Crippen molar-refractivity contribution in [2.45, 2.75) is 26.2 Å². The highest BCUT2D eigenvalue weighted by Gasteiger charge is 2.11. The molecule has 0 aliphatic carbocycles. The lowest BCUT2D eigenvalue weighted by atomic mass is 9.98. The van der Waals surface area contributed by atoms with E-state index in [1.54, 1.807) is 30.3 Å². The molecule has 30 heavy (non-hydrogen) atoms. The third kappa shape index (κ3) is 5.47. The summed E-state index contributed by atoms with van der Waals surface area (Å²) in [6.07, 6.45) is 0.894. The molecule has 0 fully saturated rings. The normalized spacial score (nSPS) is 11.5. The molecule has 3 aromatic carbocycles. The van der Waals surface area contributed by atoms with Crippen LogP contribution in [0.25, 0.3) is 0 Å². The lowest BCUT2D eigenvalue weighted by Gasteiger charge is -2.13. The number of carbonyl (C=O) groups excluding carboxylic acids is 2. The molecule has 0 spiro atoms. The SMILES string of the molecule is CC(=O)c1cc(NC(=O)c2ccc(OCCC(C)c3ccccc3)cc2)ccc1O. The molecule has 0 aliphatic heterocycles. The van der Waals surface area contributed by atoms with E-state index in [4.69, 9.17) is 4.74 Å². The van der Waals surface area contributed by atoms with E-state index in [1.807, 2.05) is 18.2 Å². The smallest absolute Gasteiger partial charge is 0.255 e. The van der Waals surface area contributed by atoms with Gasteiger partial charge in [-0.15, -0.1) is 0 Å². The zero-order chi connectivity index (χ0) is 21.5. The van der Waals surface area contributed by atoms with Gasteiger partial charge in [-0.25, -0.2) is 0 Å². The number of amides is 1. The molecule has 0 saturated carbocycles. The van der Waals surface area contributed by atoms with Gasteiger partial charge in [0.05, 0.1) is 12.2 Å². The van der Waals surface area contributed by atoms with E-state index in [2.05, 4.69) is 24.4 Å². The number of Topliss-reactive ketones (excluding diaryl/α,β-unsaturated/α-hetero) is 1. The maximum atomic E-state index is 12.5. The van der Waals surface area contributed by atoms with Crippen LogP contribution in [0.4, 0.5) is 5.69 Å². The average molecular weight is 403 g/mol. The predicted molar refractivity (Wildman–Crippen MR) is 117 cm³/mol. The van der Waals surface area contributed by atoms with Gasteiger partial charge in [-0.2, -0.15) is 0 Å². The molecule has 5 heteroatoms. The van der Waals surface area contributed by atoms with Gasteiger partial charge in [0.2, 0.25) is 0 Å². The number of hydrogen-bond donors (Lipinski definition) is 2. The molecule has 5 nitrogen and oxygen atoms in total. The van der Waals surface area contributed by atoms with Crippen molar-refractivity contribution in [1.82, 2.24) is 0 Å². The lowest BCUT2D eigenvalue weighted by Crippen LogP contribution is -2.12. The second-order valence-corrected chi connectivity index (χ2v) is 7.22. The van der Waals surface area contributed by atoms with Crippen molar-refractivity contribution in [3.8, 4) is 11.5 Å². The number of ether oxygens (including phenoxy) is 1. The molecule has 1 unspecified atom stereocenters. The molecule has 3 aromatic rings. The van der Waals surface area contributed by atoms with Gasteiger partial charge in [-0.05, 0) is 67.3 Å². The second kappa shape index (κ2) is 9.74. The first-order valence-corrected chi connectivity index (χ1v) is 9.87. The summed E-state index contributed by atoms with van der Waals surface area (Å²) in [6.45, 7) is 4.12.